The van der Waals surface area contributed by atoms with Crippen LogP contribution < -0.4 is 4.74 Å². The molecule has 1 spiro atoms. The molecular formula is C19H27NO4. The summed E-state index contributed by atoms with van der Waals surface area (Å²) in [6, 6.07) is 6.14. The van der Waals surface area contributed by atoms with Crippen LogP contribution in [-0.4, -0.2) is 50.0 Å². The molecule has 1 amide bonds. The predicted molar refractivity (Wildman–Crippen MR) is 91.2 cm³/mol. The van der Waals surface area contributed by atoms with E-state index in [0.717, 1.165) is 24.2 Å². The summed E-state index contributed by atoms with van der Waals surface area (Å²) in [4.78, 5) is 14.6. The first kappa shape index (κ1) is 17.2. The van der Waals surface area contributed by atoms with E-state index in [1.807, 2.05) is 17.0 Å². The van der Waals surface area contributed by atoms with Crippen molar-refractivity contribution in [1.29, 1.82) is 0 Å². The van der Waals surface area contributed by atoms with Gasteiger partial charge in [-0.3, -0.25) is 4.79 Å². The van der Waals surface area contributed by atoms with Gasteiger partial charge >= 0.3 is 0 Å². The van der Waals surface area contributed by atoms with Crippen LogP contribution in [0.5, 0.6) is 5.75 Å². The van der Waals surface area contributed by atoms with Crippen molar-refractivity contribution in [2.45, 2.75) is 44.8 Å². The third-order valence-corrected chi connectivity index (χ3v) is 5.01. The number of piperidine rings is 1. The average Bonchev–Trinajstić information content (AvgIpc) is 3.03. The van der Waals surface area contributed by atoms with E-state index in [0.29, 0.717) is 38.6 Å². The molecule has 1 aromatic carbocycles. The number of rotatable bonds is 4. The molecule has 0 aromatic heterocycles. The van der Waals surface area contributed by atoms with Gasteiger partial charge in [0.1, 0.15) is 5.75 Å². The van der Waals surface area contributed by atoms with Crippen molar-refractivity contribution >= 4 is 5.91 Å². The molecule has 2 aliphatic heterocycles. The lowest BCUT2D eigenvalue weighted by molar-refractivity contribution is -0.187. The molecule has 0 saturated carbocycles. The Morgan fingerprint density at radius 3 is 2.50 bits per heavy atom. The Balaban J connectivity index is 1.63. The Morgan fingerprint density at radius 1 is 1.25 bits per heavy atom. The van der Waals surface area contributed by atoms with Gasteiger partial charge in [-0.05, 0) is 17.5 Å². The molecule has 0 aliphatic carbocycles. The van der Waals surface area contributed by atoms with E-state index in [4.69, 9.17) is 14.2 Å². The highest BCUT2D eigenvalue weighted by Gasteiger charge is 2.40. The maximum atomic E-state index is 12.6. The third-order valence-electron chi connectivity index (χ3n) is 5.01. The molecule has 0 N–H and O–H groups in total. The molecule has 24 heavy (non-hydrogen) atoms. The van der Waals surface area contributed by atoms with Crippen molar-refractivity contribution in [3.8, 4) is 5.75 Å². The molecule has 2 saturated heterocycles. The number of nitrogens with zero attached hydrogens (tertiary/aromatic N) is 1. The first-order valence-corrected chi connectivity index (χ1v) is 8.75. The summed E-state index contributed by atoms with van der Waals surface area (Å²) in [5.74, 6) is 0.935. The van der Waals surface area contributed by atoms with Crippen LogP contribution in [0, 0.1) is 0 Å². The minimum Gasteiger partial charge on any atom is -0.496 e. The summed E-state index contributed by atoms with van der Waals surface area (Å²) >= 11 is 0. The SMILES string of the molecule is COc1cc(C(C)C)ccc1CC(=O)N1CCC2(CC1)OCCO2. The van der Waals surface area contributed by atoms with Crippen molar-refractivity contribution in [2.75, 3.05) is 33.4 Å². The van der Waals surface area contributed by atoms with Gasteiger partial charge in [-0.15, -0.1) is 0 Å². The van der Waals surface area contributed by atoms with Crippen molar-refractivity contribution in [2.24, 2.45) is 0 Å². The molecule has 3 rings (SSSR count). The number of methoxy groups -OCH3 is 1. The predicted octanol–water partition coefficient (Wildman–Crippen LogP) is 2.73. The summed E-state index contributed by atoms with van der Waals surface area (Å²) in [6.07, 6.45) is 1.88. The fourth-order valence-corrected chi connectivity index (χ4v) is 3.42. The van der Waals surface area contributed by atoms with Gasteiger partial charge in [-0.1, -0.05) is 26.0 Å². The number of hydrogen-bond acceptors (Lipinski definition) is 4. The number of hydrogen-bond donors (Lipinski definition) is 0. The molecule has 0 unspecified atom stereocenters. The molecule has 0 radical (unpaired) electrons. The lowest BCUT2D eigenvalue weighted by Crippen LogP contribution is -2.47. The fraction of sp³-hybridized carbons (Fsp3) is 0.632. The van der Waals surface area contributed by atoms with E-state index in [1.165, 1.54) is 5.56 Å². The highest BCUT2D eigenvalue weighted by Crippen LogP contribution is 2.32. The van der Waals surface area contributed by atoms with Crippen molar-refractivity contribution in [3.63, 3.8) is 0 Å². The molecule has 132 valence electrons. The molecule has 1 aromatic rings. The number of carbonyl (C=O) groups excluding carboxylic acids is 1. The van der Waals surface area contributed by atoms with Crippen LogP contribution in [0.2, 0.25) is 0 Å². The van der Waals surface area contributed by atoms with E-state index in [-0.39, 0.29) is 5.91 Å². The maximum Gasteiger partial charge on any atom is 0.227 e. The zero-order chi connectivity index (χ0) is 17.2. The lowest BCUT2D eigenvalue weighted by Gasteiger charge is -2.37. The van der Waals surface area contributed by atoms with Gasteiger partial charge in [0.15, 0.2) is 5.79 Å². The van der Waals surface area contributed by atoms with E-state index in [9.17, 15) is 4.79 Å². The fourth-order valence-electron chi connectivity index (χ4n) is 3.42. The Labute approximate surface area is 143 Å². The van der Waals surface area contributed by atoms with E-state index in [1.54, 1.807) is 7.11 Å². The van der Waals surface area contributed by atoms with Gasteiger partial charge in [0.2, 0.25) is 5.91 Å². The monoisotopic (exact) mass is 333 g/mol. The lowest BCUT2D eigenvalue weighted by atomic mass is 9.98. The van der Waals surface area contributed by atoms with E-state index < -0.39 is 5.79 Å². The van der Waals surface area contributed by atoms with Crippen LogP contribution in [-0.2, 0) is 20.7 Å². The zero-order valence-electron chi connectivity index (χ0n) is 14.8. The second-order valence-electron chi connectivity index (χ2n) is 6.89. The van der Waals surface area contributed by atoms with Crippen LogP contribution in [0.15, 0.2) is 18.2 Å². The summed E-state index contributed by atoms with van der Waals surface area (Å²) in [5.41, 5.74) is 2.17. The van der Waals surface area contributed by atoms with Gasteiger partial charge in [0.05, 0.1) is 26.7 Å². The Kier molecular flexibility index (Phi) is 5.11. The molecule has 5 heteroatoms. The van der Waals surface area contributed by atoms with Crippen LogP contribution in [0.4, 0.5) is 0 Å². The number of benzene rings is 1. The van der Waals surface area contributed by atoms with Gasteiger partial charge in [-0.2, -0.15) is 0 Å². The molecule has 2 fully saturated rings. The molecule has 2 heterocycles. The minimum atomic E-state index is -0.437. The first-order valence-electron chi connectivity index (χ1n) is 8.75. The zero-order valence-corrected chi connectivity index (χ0v) is 14.8. The van der Waals surface area contributed by atoms with E-state index in [2.05, 4.69) is 19.9 Å². The van der Waals surface area contributed by atoms with Crippen LogP contribution in [0.3, 0.4) is 0 Å². The highest BCUT2D eigenvalue weighted by molar-refractivity contribution is 5.79. The Hall–Kier alpha value is -1.59. The van der Waals surface area contributed by atoms with Crippen LogP contribution in [0.1, 0.15) is 43.7 Å². The number of amides is 1. The van der Waals surface area contributed by atoms with Crippen molar-refractivity contribution < 1.29 is 19.0 Å². The van der Waals surface area contributed by atoms with Gasteiger partial charge in [-0.25, -0.2) is 0 Å². The standard InChI is InChI=1S/C19H27NO4/c1-14(2)15-4-5-16(17(12-15)22-3)13-18(21)20-8-6-19(7-9-20)23-10-11-24-19/h4-5,12,14H,6-11,13H2,1-3H3. The van der Waals surface area contributed by atoms with Gasteiger partial charge < -0.3 is 19.1 Å². The normalized spacial score (nSPS) is 19.9. The summed E-state index contributed by atoms with van der Waals surface area (Å²) in [6.45, 7) is 6.99. The molecule has 0 atom stereocenters. The molecule has 5 nitrogen and oxygen atoms in total. The molecular weight excluding hydrogens is 306 g/mol. The van der Waals surface area contributed by atoms with Crippen molar-refractivity contribution in [3.05, 3.63) is 29.3 Å². The van der Waals surface area contributed by atoms with Crippen LogP contribution >= 0.6 is 0 Å². The average molecular weight is 333 g/mol. The van der Waals surface area contributed by atoms with E-state index >= 15 is 0 Å². The Morgan fingerprint density at radius 2 is 1.92 bits per heavy atom. The minimum absolute atomic E-state index is 0.137. The second-order valence-corrected chi connectivity index (χ2v) is 6.89. The second kappa shape index (κ2) is 7.11. The van der Waals surface area contributed by atoms with Crippen molar-refractivity contribution in [1.82, 2.24) is 4.90 Å². The maximum absolute atomic E-state index is 12.6. The summed E-state index contributed by atoms with van der Waals surface area (Å²) in [5, 5.41) is 0. The van der Waals surface area contributed by atoms with Gasteiger partial charge in [0, 0.05) is 31.5 Å². The Bertz CT molecular complexity index is 583. The quantitative estimate of drug-likeness (QED) is 0.850. The van der Waals surface area contributed by atoms with Crippen LogP contribution in [0.25, 0.3) is 0 Å². The summed E-state index contributed by atoms with van der Waals surface area (Å²) < 4.78 is 16.9. The molecule has 2 aliphatic rings. The summed E-state index contributed by atoms with van der Waals surface area (Å²) in [7, 11) is 1.66. The largest absolute Gasteiger partial charge is 0.496 e. The smallest absolute Gasteiger partial charge is 0.227 e. The highest BCUT2D eigenvalue weighted by atomic mass is 16.7. The molecule has 0 bridgehead atoms. The number of likely N-dealkylation sites (tertiary alicyclic amines) is 1. The topological polar surface area (TPSA) is 48.0 Å². The first-order chi connectivity index (χ1) is 11.5. The number of carbonyl (C=O) groups is 1. The third kappa shape index (κ3) is 3.57. The van der Waals surface area contributed by atoms with Gasteiger partial charge in [0.25, 0.3) is 0 Å². The number of ether oxygens (including phenoxy) is 3.